The average molecular weight is 265 g/mol. The summed E-state index contributed by atoms with van der Waals surface area (Å²) in [6, 6.07) is 4.85. The third-order valence-corrected chi connectivity index (χ3v) is 3.92. The number of rotatable bonds is 4. The molecule has 0 aromatic heterocycles. The van der Waals surface area contributed by atoms with Gasteiger partial charge in [0, 0.05) is 6.42 Å². The molecule has 0 heterocycles. The molecule has 1 fully saturated rings. The SMILES string of the molecule is COc1cccc(CC(=O)C2(N)CCCCC2)c1F. The number of methoxy groups -OCH3 is 1. The number of carbonyl (C=O) groups is 1. The van der Waals surface area contributed by atoms with Crippen molar-refractivity contribution in [1.82, 2.24) is 0 Å². The molecular formula is C15H20FNO2. The highest BCUT2D eigenvalue weighted by atomic mass is 19.1. The molecule has 0 aliphatic heterocycles. The van der Waals surface area contributed by atoms with Crippen molar-refractivity contribution in [3.8, 4) is 5.75 Å². The van der Waals surface area contributed by atoms with Gasteiger partial charge in [-0.15, -0.1) is 0 Å². The number of ketones is 1. The van der Waals surface area contributed by atoms with Crippen molar-refractivity contribution in [3.63, 3.8) is 0 Å². The molecule has 2 N–H and O–H groups in total. The smallest absolute Gasteiger partial charge is 0.168 e. The van der Waals surface area contributed by atoms with Crippen LogP contribution in [0.1, 0.15) is 37.7 Å². The minimum Gasteiger partial charge on any atom is -0.494 e. The Kier molecular flexibility index (Phi) is 4.20. The summed E-state index contributed by atoms with van der Waals surface area (Å²) in [7, 11) is 1.41. The summed E-state index contributed by atoms with van der Waals surface area (Å²) in [5.41, 5.74) is 5.76. The van der Waals surface area contributed by atoms with Crippen molar-refractivity contribution in [2.45, 2.75) is 44.1 Å². The number of ether oxygens (including phenoxy) is 1. The van der Waals surface area contributed by atoms with Gasteiger partial charge in [-0.3, -0.25) is 4.79 Å². The lowest BCUT2D eigenvalue weighted by Gasteiger charge is -2.31. The highest BCUT2D eigenvalue weighted by Gasteiger charge is 2.35. The van der Waals surface area contributed by atoms with Gasteiger partial charge < -0.3 is 10.5 Å². The molecule has 3 nitrogen and oxygen atoms in total. The maximum Gasteiger partial charge on any atom is 0.168 e. The Morgan fingerprint density at radius 2 is 2.05 bits per heavy atom. The van der Waals surface area contributed by atoms with E-state index in [0.29, 0.717) is 18.4 Å². The second-order valence-corrected chi connectivity index (χ2v) is 5.25. The maximum atomic E-state index is 14.0. The molecule has 1 aliphatic rings. The summed E-state index contributed by atoms with van der Waals surface area (Å²) in [5.74, 6) is -0.364. The number of nitrogens with two attached hydrogens (primary N) is 1. The third-order valence-electron chi connectivity index (χ3n) is 3.92. The first-order chi connectivity index (χ1) is 9.07. The van der Waals surface area contributed by atoms with Gasteiger partial charge in [0.05, 0.1) is 12.6 Å². The fourth-order valence-corrected chi connectivity index (χ4v) is 2.66. The Morgan fingerprint density at radius 1 is 1.37 bits per heavy atom. The van der Waals surface area contributed by atoms with E-state index >= 15 is 0 Å². The predicted octanol–water partition coefficient (Wildman–Crippen LogP) is 2.61. The van der Waals surface area contributed by atoms with Crippen molar-refractivity contribution >= 4 is 5.78 Å². The van der Waals surface area contributed by atoms with Crippen LogP contribution in [0.3, 0.4) is 0 Å². The Bertz CT molecular complexity index is 467. The summed E-state index contributed by atoms with van der Waals surface area (Å²) in [6.07, 6.45) is 4.53. The van der Waals surface area contributed by atoms with Gasteiger partial charge in [-0.1, -0.05) is 31.4 Å². The maximum absolute atomic E-state index is 14.0. The second-order valence-electron chi connectivity index (χ2n) is 5.25. The summed E-state index contributed by atoms with van der Waals surface area (Å²) in [5, 5.41) is 0. The van der Waals surface area contributed by atoms with E-state index in [1.165, 1.54) is 7.11 Å². The molecule has 0 radical (unpaired) electrons. The van der Waals surface area contributed by atoms with Gasteiger partial charge in [0.1, 0.15) is 0 Å². The van der Waals surface area contributed by atoms with Crippen molar-refractivity contribution in [1.29, 1.82) is 0 Å². The lowest BCUT2D eigenvalue weighted by atomic mass is 9.78. The molecule has 0 bridgehead atoms. The van der Waals surface area contributed by atoms with Gasteiger partial charge in [-0.05, 0) is 24.5 Å². The molecule has 1 aliphatic carbocycles. The molecule has 1 saturated carbocycles. The molecule has 1 aromatic carbocycles. The van der Waals surface area contributed by atoms with E-state index in [9.17, 15) is 9.18 Å². The average Bonchev–Trinajstić information content (AvgIpc) is 2.42. The number of benzene rings is 1. The molecule has 2 rings (SSSR count). The van der Waals surface area contributed by atoms with Crippen LogP contribution in [0.25, 0.3) is 0 Å². The van der Waals surface area contributed by atoms with Crippen molar-refractivity contribution in [2.24, 2.45) is 5.73 Å². The van der Waals surface area contributed by atoms with Crippen LogP contribution in [0.2, 0.25) is 0 Å². The van der Waals surface area contributed by atoms with Crippen molar-refractivity contribution in [3.05, 3.63) is 29.6 Å². The van der Waals surface area contributed by atoms with E-state index in [4.69, 9.17) is 10.5 Å². The normalized spacial score (nSPS) is 18.1. The number of Topliss-reactive ketones (excluding diaryl/α,β-unsaturated/α-hetero) is 1. The highest BCUT2D eigenvalue weighted by molar-refractivity contribution is 5.90. The molecule has 0 saturated heterocycles. The Labute approximate surface area is 112 Å². The monoisotopic (exact) mass is 265 g/mol. The van der Waals surface area contributed by atoms with Crippen LogP contribution in [-0.4, -0.2) is 18.4 Å². The molecule has 0 spiro atoms. The quantitative estimate of drug-likeness (QED) is 0.910. The number of halogens is 1. The van der Waals surface area contributed by atoms with Gasteiger partial charge in [-0.25, -0.2) is 4.39 Å². The first-order valence-electron chi connectivity index (χ1n) is 6.70. The zero-order valence-corrected chi connectivity index (χ0v) is 11.2. The molecule has 19 heavy (non-hydrogen) atoms. The van der Waals surface area contributed by atoms with Crippen LogP contribution in [0.4, 0.5) is 4.39 Å². The Hall–Kier alpha value is -1.42. The number of hydrogen-bond donors (Lipinski definition) is 1. The minimum absolute atomic E-state index is 0.0412. The largest absolute Gasteiger partial charge is 0.494 e. The first-order valence-corrected chi connectivity index (χ1v) is 6.70. The van der Waals surface area contributed by atoms with Crippen LogP contribution in [0, 0.1) is 5.82 Å². The van der Waals surface area contributed by atoms with Crippen LogP contribution in [-0.2, 0) is 11.2 Å². The van der Waals surface area contributed by atoms with E-state index in [0.717, 1.165) is 19.3 Å². The Balaban J connectivity index is 2.14. The lowest BCUT2D eigenvalue weighted by molar-refractivity contribution is -0.124. The zero-order chi connectivity index (χ0) is 13.9. The fourth-order valence-electron chi connectivity index (χ4n) is 2.66. The minimum atomic E-state index is -0.770. The van der Waals surface area contributed by atoms with E-state index in [1.54, 1.807) is 18.2 Å². The zero-order valence-electron chi connectivity index (χ0n) is 11.2. The molecular weight excluding hydrogens is 245 g/mol. The molecule has 104 valence electrons. The molecule has 0 unspecified atom stereocenters. The van der Waals surface area contributed by atoms with Crippen LogP contribution < -0.4 is 10.5 Å². The van der Waals surface area contributed by atoms with Gasteiger partial charge >= 0.3 is 0 Å². The van der Waals surface area contributed by atoms with Crippen LogP contribution >= 0.6 is 0 Å². The summed E-state index contributed by atoms with van der Waals surface area (Å²) in [6.45, 7) is 0. The summed E-state index contributed by atoms with van der Waals surface area (Å²) in [4.78, 5) is 12.3. The lowest BCUT2D eigenvalue weighted by Crippen LogP contribution is -2.50. The van der Waals surface area contributed by atoms with E-state index in [-0.39, 0.29) is 18.0 Å². The third kappa shape index (κ3) is 2.95. The van der Waals surface area contributed by atoms with Crippen LogP contribution in [0.15, 0.2) is 18.2 Å². The van der Waals surface area contributed by atoms with Gasteiger partial charge in [0.25, 0.3) is 0 Å². The number of hydrogen-bond acceptors (Lipinski definition) is 3. The standard InChI is InChI=1S/C15H20FNO2/c1-19-12-7-5-6-11(14(12)16)10-13(18)15(17)8-3-2-4-9-15/h5-7H,2-4,8-10,17H2,1H3. The summed E-state index contributed by atoms with van der Waals surface area (Å²) < 4.78 is 18.9. The van der Waals surface area contributed by atoms with Gasteiger partial charge in [0.2, 0.25) is 0 Å². The van der Waals surface area contributed by atoms with Crippen LogP contribution in [0.5, 0.6) is 5.75 Å². The van der Waals surface area contributed by atoms with Gasteiger partial charge in [0.15, 0.2) is 17.3 Å². The summed E-state index contributed by atoms with van der Waals surface area (Å²) >= 11 is 0. The number of carbonyl (C=O) groups excluding carboxylic acids is 1. The van der Waals surface area contributed by atoms with E-state index in [1.807, 2.05) is 0 Å². The molecule has 0 amide bonds. The fraction of sp³-hybridized carbons (Fsp3) is 0.533. The van der Waals surface area contributed by atoms with Crippen molar-refractivity contribution < 1.29 is 13.9 Å². The first kappa shape index (κ1) is 14.0. The molecule has 0 atom stereocenters. The molecule has 4 heteroatoms. The van der Waals surface area contributed by atoms with Gasteiger partial charge in [-0.2, -0.15) is 0 Å². The topological polar surface area (TPSA) is 52.3 Å². The second kappa shape index (κ2) is 5.70. The molecule has 1 aromatic rings. The highest BCUT2D eigenvalue weighted by Crippen LogP contribution is 2.29. The van der Waals surface area contributed by atoms with E-state index in [2.05, 4.69) is 0 Å². The Morgan fingerprint density at radius 3 is 2.68 bits per heavy atom. The van der Waals surface area contributed by atoms with E-state index < -0.39 is 11.4 Å². The predicted molar refractivity (Wildman–Crippen MR) is 71.7 cm³/mol. The van der Waals surface area contributed by atoms with Crippen molar-refractivity contribution in [2.75, 3.05) is 7.11 Å².